The van der Waals surface area contributed by atoms with Crippen LogP contribution in [0.5, 0.6) is 0 Å². The molecule has 0 aliphatic rings. The van der Waals surface area contributed by atoms with Gasteiger partial charge in [-0.25, -0.2) is 4.79 Å². The fourth-order valence-electron chi connectivity index (χ4n) is 2.22. The molecule has 25 heavy (non-hydrogen) atoms. The monoisotopic (exact) mass is 377 g/mol. The van der Waals surface area contributed by atoms with Crippen molar-refractivity contribution in [2.45, 2.75) is 12.2 Å². The molecular formula is C19H20ClNO3S. The Morgan fingerprint density at radius 2 is 1.88 bits per heavy atom. The van der Waals surface area contributed by atoms with Gasteiger partial charge in [0.2, 0.25) is 5.91 Å². The van der Waals surface area contributed by atoms with E-state index in [9.17, 15) is 9.59 Å². The van der Waals surface area contributed by atoms with Crippen LogP contribution in [0.15, 0.2) is 48.5 Å². The van der Waals surface area contributed by atoms with Crippen molar-refractivity contribution in [3.8, 4) is 0 Å². The third-order valence-corrected chi connectivity index (χ3v) is 4.75. The molecule has 0 saturated heterocycles. The van der Waals surface area contributed by atoms with Crippen LogP contribution in [0.4, 0.5) is 0 Å². The van der Waals surface area contributed by atoms with E-state index < -0.39 is 0 Å². The van der Waals surface area contributed by atoms with E-state index in [0.717, 1.165) is 17.5 Å². The van der Waals surface area contributed by atoms with E-state index in [4.69, 9.17) is 16.3 Å². The molecule has 0 fully saturated rings. The van der Waals surface area contributed by atoms with E-state index >= 15 is 0 Å². The fraction of sp³-hybridized carbons (Fsp3) is 0.263. The highest BCUT2D eigenvalue weighted by Gasteiger charge is 2.06. The van der Waals surface area contributed by atoms with Gasteiger partial charge in [0.15, 0.2) is 0 Å². The van der Waals surface area contributed by atoms with Crippen molar-refractivity contribution in [1.29, 1.82) is 0 Å². The van der Waals surface area contributed by atoms with Gasteiger partial charge in [-0.15, -0.1) is 11.8 Å². The lowest BCUT2D eigenvalue weighted by atomic mass is 10.1. The van der Waals surface area contributed by atoms with Crippen LogP contribution in [-0.2, 0) is 21.7 Å². The Hall–Kier alpha value is -1.98. The molecule has 0 aliphatic heterocycles. The van der Waals surface area contributed by atoms with E-state index in [2.05, 4.69) is 5.32 Å². The minimum absolute atomic E-state index is 0.00286. The lowest BCUT2D eigenvalue weighted by Crippen LogP contribution is -2.27. The van der Waals surface area contributed by atoms with E-state index in [-0.39, 0.29) is 11.9 Å². The number of benzene rings is 2. The largest absolute Gasteiger partial charge is 0.465 e. The van der Waals surface area contributed by atoms with Crippen LogP contribution in [0, 0.1) is 0 Å². The highest BCUT2D eigenvalue weighted by molar-refractivity contribution is 7.99. The van der Waals surface area contributed by atoms with Crippen LogP contribution in [0.25, 0.3) is 0 Å². The molecule has 2 aromatic carbocycles. The van der Waals surface area contributed by atoms with Gasteiger partial charge in [0.1, 0.15) is 0 Å². The molecule has 0 radical (unpaired) electrons. The maximum absolute atomic E-state index is 11.9. The predicted octanol–water partition coefficient (Wildman–Crippen LogP) is 3.72. The lowest BCUT2D eigenvalue weighted by Gasteiger charge is -2.06. The number of hydrogen-bond donors (Lipinski definition) is 1. The Kier molecular flexibility index (Phi) is 7.82. The minimum Gasteiger partial charge on any atom is -0.465 e. The minimum atomic E-state index is -0.355. The van der Waals surface area contributed by atoms with E-state index in [1.807, 2.05) is 36.4 Å². The quantitative estimate of drug-likeness (QED) is 0.712. The number of thioether (sulfide) groups is 1. The molecule has 0 heterocycles. The number of carbonyl (C=O) groups is 2. The van der Waals surface area contributed by atoms with Gasteiger partial charge in [0, 0.05) is 17.3 Å². The number of rotatable bonds is 8. The summed E-state index contributed by atoms with van der Waals surface area (Å²) in [6.07, 6.45) is 0.773. The summed E-state index contributed by atoms with van der Waals surface area (Å²) < 4.78 is 4.70. The van der Waals surface area contributed by atoms with Gasteiger partial charge in [-0.2, -0.15) is 0 Å². The summed E-state index contributed by atoms with van der Waals surface area (Å²) in [6, 6.07) is 14.8. The van der Waals surface area contributed by atoms with E-state index in [1.165, 1.54) is 18.9 Å². The summed E-state index contributed by atoms with van der Waals surface area (Å²) in [7, 11) is 1.36. The molecule has 0 aliphatic carbocycles. The van der Waals surface area contributed by atoms with Crippen LogP contribution < -0.4 is 5.32 Å². The summed E-state index contributed by atoms with van der Waals surface area (Å²) in [5.74, 6) is 0.688. The van der Waals surface area contributed by atoms with Gasteiger partial charge in [-0.3, -0.25) is 4.79 Å². The number of carbonyl (C=O) groups excluding carboxylic acids is 2. The van der Waals surface area contributed by atoms with Crippen molar-refractivity contribution in [3.63, 3.8) is 0 Å². The molecule has 4 nitrogen and oxygen atoms in total. The van der Waals surface area contributed by atoms with Crippen molar-refractivity contribution < 1.29 is 14.3 Å². The molecular weight excluding hydrogens is 358 g/mol. The molecule has 2 rings (SSSR count). The van der Waals surface area contributed by atoms with Crippen molar-refractivity contribution in [1.82, 2.24) is 5.32 Å². The highest BCUT2D eigenvalue weighted by Crippen LogP contribution is 2.14. The van der Waals surface area contributed by atoms with Gasteiger partial charge >= 0.3 is 5.97 Å². The number of methoxy groups -OCH3 is 1. The molecule has 0 bridgehead atoms. The van der Waals surface area contributed by atoms with Crippen LogP contribution in [0.2, 0.25) is 5.02 Å². The first-order valence-corrected chi connectivity index (χ1v) is 9.38. The second-order valence-electron chi connectivity index (χ2n) is 5.41. The van der Waals surface area contributed by atoms with Crippen LogP contribution in [-0.4, -0.2) is 31.3 Å². The maximum atomic E-state index is 11.9. The van der Waals surface area contributed by atoms with Crippen LogP contribution in [0.3, 0.4) is 0 Å². The summed E-state index contributed by atoms with van der Waals surface area (Å²) in [5, 5.41) is 3.61. The molecule has 1 N–H and O–H groups in total. The summed E-state index contributed by atoms with van der Waals surface area (Å²) in [4.78, 5) is 23.4. The van der Waals surface area contributed by atoms with Crippen LogP contribution >= 0.6 is 23.4 Å². The molecule has 0 aromatic heterocycles. The number of nitrogens with one attached hydrogen (secondary N) is 1. The average Bonchev–Trinajstić information content (AvgIpc) is 2.63. The fourth-order valence-corrected chi connectivity index (χ4v) is 3.15. The van der Waals surface area contributed by atoms with E-state index in [0.29, 0.717) is 28.6 Å². The van der Waals surface area contributed by atoms with E-state index in [1.54, 1.807) is 12.1 Å². The van der Waals surface area contributed by atoms with Crippen LogP contribution in [0.1, 0.15) is 21.5 Å². The molecule has 1 amide bonds. The topological polar surface area (TPSA) is 55.4 Å². The molecule has 2 aromatic rings. The molecule has 0 saturated carbocycles. The van der Waals surface area contributed by atoms with Gasteiger partial charge in [0.25, 0.3) is 0 Å². The molecule has 0 spiro atoms. The zero-order valence-electron chi connectivity index (χ0n) is 14.0. The first-order valence-electron chi connectivity index (χ1n) is 7.84. The smallest absolute Gasteiger partial charge is 0.337 e. The van der Waals surface area contributed by atoms with Gasteiger partial charge < -0.3 is 10.1 Å². The second kappa shape index (κ2) is 10.1. The Morgan fingerprint density at radius 3 is 2.60 bits per heavy atom. The summed E-state index contributed by atoms with van der Waals surface area (Å²) >= 11 is 7.35. The number of amides is 1. The Bertz CT molecular complexity index is 719. The molecule has 0 unspecified atom stereocenters. The normalized spacial score (nSPS) is 10.3. The third-order valence-electron chi connectivity index (χ3n) is 3.50. The standard InChI is InChI=1S/C19H20ClNO3S/c1-24-19(23)16-4-2-3-15(11-16)12-25-13-18(22)21-10-9-14-5-7-17(20)8-6-14/h2-8,11H,9-10,12-13H2,1H3,(H,21,22). The first-order chi connectivity index (χ1) is 12.1. The summed E-state index contributed by atoms with van der Waals surface area (Å²) in [6.45, 7) is 0.596. The Morgan fingerprint density at radius 1 is 1.12 bits per heavy atom. The summed E-state index contributed by atoms with van der Waals surface area (Å²) in [5.41, 5.74) is 2.65. The number of ether oxygens (including phenoxy) is 1. The van der Waals surface area contributed by atoms with Crippen molar-refractivity contribution in [2.75, 3.05) is 19.4 Å². The highest BCUT2D eigenvalue weighted by atomic mass is 35.5. The second-order valence-corrected chi connectivity index (χ2v) is 6.83. The van der Waals surface area contributed by atoms with Gasteiger partial charge in [-0.05, 0) is 41.8 Å². The zero-order valence-corrected chi connectivity index (χ0v) is 15.5. The van der Waals surface area contributed by atoms with Crippen molar-refractivity contribution in [2.24, 2.45) is 0 Å². The predicted molar refractivity (Wildman–Crippen MR) is 102 cm³/mol. The van der Waals surface area contributed by atoms with Crippen molar-refractivity contribution in [3.05, 3.63) is 70.2 Å². The average molecular weight is 378 g/mol. The van der Waals surface area contributed by atoms with Gasteiger partial charge in [0.05, 0.1) is 18.4 Å². The first kappa shape index (κ1) is 19.3. The van der Waals surface area contributed by atoms with Gasteiger partial charge in [-0.1, -0.05) is 35.9 Å². The molecule has 6 heteroatoms. The number of esters is 1. The molecule has 132 valence electrons. The third kappa shape index (κ3) is 6.80. The Balaban J connectivity index is 1.68. The lowest BCUT2D eigenvalue weighted by molar-refractivity contribution is -0.118. The molecule has 0 atom stereocenters. The number of halogens is 1. The zero-order chi connectivity index (χ0) is 18.1. The van der Waals surface area contributed by atoms with Crippen molar-refractivity contribution >= 4 is 35.2 Å². The number of hydrogen-bond acceptors (Lipinski definition) is 4. The maximum Gasteiger partial charge on any atom is 0.337 e. The Labute approximate surface area is 156 Å². The SMILES string of the molecule is COC(=O)c1cccc(CSCC(=O)NCCc2ccc(Cl)cc2)c1.